The lowest BCUT2D eigenvalue weighted by molar-refractivity contribution is 0.0979. The summed E-state index contributed by atoms with van der Waals surface area (Å²) in [5.41, 5.74) is 4.52. The second kappa shape index (κ2) is 24.1. The van der Waals surface area contributed by atoms with Crippen molar-refractivity contribution in [2.24, 2.45) is 0 Å². The summed E-state index contributed by atoms with van der Waals surface area (Å²) in [5, 5.41) is 16.2. The maximum atomic E-state index is 14.6. The number of ketones is 2. The Morgan fingerprint density at radius 2 is 1.12 bits per heavy atom. The van der Waals surface area contributed by atoms with Crippen molar-refractivity contribution in [1.82, 2.24) is 39.3 Å². The maximum absolute atomic E-state index is 14.6. The molecule has 0 fully saturated rings. The van der Waals surface area contributed by atoms with E-state index in [0.29, 0.717) is 72.4 Å². The molecule has 0 bridgehead atoms. The Hall–Kier alpha value is -6.39. The molecule has 2 aromatic carbocycles. The number of halogens is 3. The zero-order valence-electron chi connectivity index (χ0n) is 36.4. The van der Waals surface area contributed by atoms with Crippen molar-refractivity contribution in [3.05, 3.63) is 119 Å². The Balaban J connectivity index is 0.000000255. The van der Waals surface area contributed by atoms with E-state index in [4.69, 9.17) is 9.47 Å². The van der Waals surface area contributed by atoms with Gasteiger partial charge in [0.25, 0.3) is 10.0 Å². The molecular weight excluding hydrogens is 910 g/mol. The van der Waals surface area contributed by atoms with E-state index in [0.717, 1.165) is 20.9 Å². The van der Waals surface area contributed by atoms with Gasteiger partial charge in [-0.15, -0.1) is 0 Å². The molecule has 18 nitrogen and oxygen atoms in total. The number of aryl methyl sites for hydroxylation is 4. The number of methoxy groups -OCH3 is 2. The first-order valence-electron chi connectivity index (χ1n) is 20.1. The van der Waals surface area contributed by atoms with E-state index in [9.17, 15) is 35.2 Å². The average Bonchev–Trinajstić information content (AvgIpc) is 4.02. The van der Waals surface area contributed by atoms with Gasteiger partial charge in [0.2, 0.25) is 20.9 Å². The molecule has 6 aromatic rings. The summed E-state index contributed by atoms with van der Waals surface area (Å²) in [7, 11) is 0.790. The molecule has 0 saturated carbocycles. The van der Waals surface area contributed by atoms with Crippen molar-refractivity contribution in [2.75, 3.05) is 36.4 Å². The van der Waals surface area contributed by atoms with E-state index >= 15 is 0 Å². The molecule has 0 spiro atoms. The molecule has 6 rings (SSSR count). The number of benzene rings is 2. The van der Waals surface area contributed by atoms with E-state index in [1.54, 1.807) is 63.2 Å². The molecule has 4 aromatic heterocycles. The van der Waals surface area contributed by atoms with Crippen LogP contribution >= 0.6 is 10.7 Å². The van der Waals surface area contributed by atoms with Crippen LogP contribution in [0.2, 0.25) is 0 Å². The SMILES string of the molecule is CCC(=O)c1cc(CCc2cnc(Nc3cn[nH]c3)nc2)c(F)c(OC)c1.CCC(=O)c1cc(CCc2cnc(Nc3cnn(S(=O)(=O)CC)c3)nc2)c(F)c(OC)c1.CCS(=O)(=O)Cl. The average molecular weight is 959 g/mol. The summed E-state index contributed by atoms with van der Waals surface area (Å²) < 4.78 is 83.3. The van der Waals surface area contributed by atoms with E-state index < -0.39 is 30.7 Å². The van der Waals surface area contributed by atoms with Gasteiger partial charge in [-0.25, -0.2) is 45.6 Å². The second-order valence-electron chi connectivity index (χ2n) is 13.8. The molecule has 0 aliphatic rings. The van der Waals surface area contributed by atoms with Gasteiger partial charge in [-0.05, 0) is 79.1 Å². The van der Waals surface area contributed by atoms with Crippen molar-refractivity contribution in [3.63, 3.8) is 0 Å². The Labute approximate surface area is 380 Å². The van der Waals surface area contributed by atoms with Crippen LogP contribution in [0.4, 0.5) is 32.1 Å². The van der Waals surface area contributed by atoms with Crippen LogP contribution in [0.15, 0.2) is 73.8 Å². The molecule has 0 amide bonds. The zero-order chi connectivity index (χ0) is 47.7. The van der Waals surface area contributed by atoms with Gasteiger partial charge in [-0.3, -0.25) is 14.7 Å². The fourth-order valence-corrected chi connectivity index (χ4v) is 6.32. The summed E-state index contributed by atoms with van der Waals surface area (Å²) in [4.78, 5) is 40.9. The monoisotopic (exact) mass is 958 g/mol. The minimum atomic E-state index is -3.46. The fourth-order valence-electron chi connectivity index (χ4n) is 5.59. The predicted molar refractivity (Wildman–Crippen MR) is 242 cm³/mol. The van der Waals surface area contributed by atoms with Crippen molar-refractivity contribution >= 4 is 64.6 Å². The van der Waals surface area contributed by atoms with Crippen LogP contribution in [0, 0.1) is 11.6 Å². The van der Waals surface area contributed by atoms with Gasteiger partial charge in [0, 0.05) is 65.6 Å². The molecule has 3 N–H and O–H groups in total. The zero-order valence-corrected chi connectivity index (χ0v) is 38.8. The lowest BCUT2D eigenvalue weighted by Gasteiger charge is -2.11. The molecule has 0 unspecified atom stereocenters. The molecule has 0 radical (unpaired) electrons. The lowest BCUT2D eigenvalue weighted by atomic mass is 10.00. The number of Topliss-reactive ketones (excluding diaryl/α,β-unsaturated/α-hetero) is 2. The molecular formula is C42H49ClF2N10O8S2. The van der Waals surface area contributed by atoms with Crippen LogP contribution in [0.5, 0.6) is 11.5 Å². The third-order valence-electron chi connectivity index (χ3n) is 9.30. The van der Waals surface area contributed by atoms with Gasteiger partial charge >= 0.3 is 0 Å². The molecule has 348 valence electrons. The van der Waals surface area contributed by atoms with Gasteiger partial charge < -0.3 is 20.1 Å². The maximum Gasteiger partial charge on any atom is 0.253 e. The van der Waals surface area contributed by atoms with Crippen molar-refractivity contribution in [2.45, 2.75) is 66.2 Å². The molecule has 23 heteroatoms. The molecule has 0 aliphatic heterocycles. The lowest BCUT2D eigenvalue weighted by Crippen LogP contribution is -2.14. The van der Waals surface area contributed by atoms with Crippen LogP contribution < -0.4 is 20.1 Å². The third kappa shape index (κ3) is 15.4. The highest BCUT2D eigenvalue weighted by molar-refractivity contribution is 8.13. The minimum Gasteiger partial charge on any atom is -0.494 e. The van der Waals surface area contributed by atoms with E-state index in [-0.39, 0.29) is 40.5 Å². The number of aromatic nitrogens is 8. The standard InChI is InChI=1S/C21H24FN5O4S.C19H20FN5O2.C2H5ClO2S/c1-4-18(28)16-8-15(20(22)19(9-16)31-3)7-6-14-10-23-21(24-11-14)26-17-12-25-27(13-17)32(29,30)5-2;1-3-16(26)14-6-13(18(20)17(7-14)27-2)5-4-12-8-21-19(22-9-12)25-15-10-23-24-11-15;1-2-6(3,4)5/h8-13H,4-7H2,1-3H3,(H,23,24,26);6-11H,3-5H2,1-2H3,(H,23,24)(H,21,22,25);2H2,1H3. The summed E-state index contributed by atoms with van der Waals surface area (Å²) in [6, 6.07) is 6.02. The quantitative estimate of drug-likeness (QED) is 0.0537. The Morgan fingerprint density at radius 3 is 1.49 bits per heavy atom. The highest BCUT2D eigenvalue weighted by Crippen LogP contribution is 2.27. The number of carbonyl (C=O) groups excluding carboxylic acids is 2. The second-order valence-corrected chi connectivity index (χ2v) is 18.9. The van der Waals surface area contributed by atoms with Gasteiger partial charge in [-0.1, -0.05) is 20.8 Å². The first kappa shape index (κ1) is 51.2. The highest BCUT2D eigenvalue weighted by atomic mass is 35.7. The van der Waals surface area contributed by atoms with Gasteiger partial charge in [0.05, 0.1) is 55.7 Å². The van der Waals surface area contributed by atoms with Gasteiger partial charge in [0.15, 0.2) is 34.7 Å². The number of aromatic amines is 1. The van der Waals surface area contributed by atoms with E-state index in [1.807, 2.05) is 0 Å². The van der Waals surface area contributed by atoms with Crippen LogP contribution in [0.1, 0.15) is 83.5 Å². The number of carbonyl (C=O) groups is 2. The molecule has 0 atom stereocenters. The first-order chi connectivity index (χ1) is 30.9. The molecule has 65 heavy (non-hydrogen) atoms. The van der Waals surface area contributed by atoms with Crippen molar-refractivity contribution in [3.8, 4) is 11.5 Å². The minimum absolute atomic E-state index is 0.00849. The number of hydrogen-bond donors (Lipinski definition) is 3. The highest BCUT2D eigenvalue weighted by Gasteiger charge is 2.17. The molecule has 0 saturated heterocycles. The Bertz CT molecular complexity index is 2740. The number of H-pyrrole nitrogens is 1. The van der Waals surface area contributed by atoms with Gasteiger partial charge in [0.1, 0.15) is 0 Å². The number of hydrogen-bond acceptors (Lipinski definition) is 16. The van der Waals surface area contributed by atoms with Crippen LogP contribution in [0.25, 0.3) is 0 Å². The van der Waals surface area contributed by atoms with E-state index in [2.05, 4.69) is 56.5 Å². The van der Waals surface area contributed by atoms with Crippen molar-refractivity contribution < 1.29 is 44.7 Å². The van der Waals surface area contributed by atoms with Crippen LogP contribution in [-0.4, -0.2) is 93.4 Å². The van der Waals surface area contributed by atoms with E-state index in [1.165, 1.54) is 52.6 Å². The van der Waals surface area contributed by atoms with Crippen LogP contribution in [0.3, 0.4) is 0 Å². The Morgan fingerprint density at radius 1 is 0.677 bits per heavy atom. The largest absolute Gasteiger partial charge is 0.494 e. The third-order valence-corrected chi connectivity index (χ3v) is 12.1. The summed E-state index contributed by atoms with van der Waals surface area (Å²) >= 11 is 0. The summed E-state index contributed by atoms with van der Waals surface area (Å²) in [5.74, 6) is -0.278. The summed E-state index contributed by atoms with van der Waals surface area (Å²) in [6.45, 7) is 6.54. The number of ether oxygens (including phenoxy) is 2. The smallest absolute Gasteiger partial charge is 0.253 e. The van der Waals surface area contributed by atoms with Crippen molar-refractivity contribution in [1.29, 1.82) is 0 Å². The number of rotatable bonds is 19. The summed E-state index contributed by atoms with van der Waals surface area (Å²) in [6.07, 6.45) is 15.0. The Kier molecular flexibility index (Phi) is 19.0. The number of anilines is 4. The van der Waals surface area contributed by atoms with Crippen LogP contribution in [-0.2, 0) is 44.8 Å². The normalized spacial score (nSPS) is 11.1. The molecule has 0 aliphatic carbocycles. The molecule has 4 heterocycles. The fraction of sp³-hybridized carbons (Fsp3) is 0.333. The predicted octanol–water partition coefficient (Wildman–Crippen LogP) is 7.18. The number of nitrogens with zero attached hydrogens (tertiary/aromatic N) is 7. The number of nitrogens with one attached hydrogen (secondary N) is 3. The van der Waals surface area contributed by atoms with Gasteiger partial charge in [-0.2, -0.15) is 14.3 Å². The first-order valence-corrected chi connectivity index (χ1v) is 24.2. The topological polar surface area (TPSA) is 243 Å².